The minimum atomic E-state index is -0.846. The van der Waals surface area contributed by atoms with Gasteiger partial charge in [-0.2, -0.15) is 0 Å². The lowest BCUT2D eigenvalue weighted by atomic mass is 10.2. The molecule has 0 spiro atoms. The molecule has 2 rings (SSSR count). The van der Waals surface area contributed by atoms with Gasteiger partial charge >= 0.3 is 0 Å². The van der Waals surface area contributed by atoms with Crippen molar-refractivity contribution in [3.63, 3.8) is 0 Å². The van der Waals surface area contributed by atoms with Crippen LogP contribution in [0.15, 0.2) is 18.2 Å². The van der Waals surface area contributed by atoms with Crippen LogP contribution in [-0.4, -0.2) is 49.0 Å². The van der Waals surface area contributed by atoms with Crippen molar-refractivity contribution in [1.82, 2.24) is 15.3 Å². The average molecular weight is 255 g/mol. The van der Waals surface area contributed by atoms with Crippen molar-refractivity contribution in [3.8, 4) is 0 Å². The van der Waals surface area contributed by atoms with Gasteiger partial charge in [-0.3, -0.25) is 10.2 Å². The van der Waals surface area contributed by atoms with Gasteiger partial charge in [-0.15, -0.1) is 0 Å². The van der Waals surface area contributed by atoms with E-state index in [0.717, 1.165) is 25.2 Å². The number of nitrogens with zero attached hydrogens (tertiary/aromatic N) is 2. The number of piperazine rings is 1. The average Bonchev–Trinajstić information content (AvgIpc) is 2.32. The summed E-state index contributed by atoms with van der Waals surface area (Å²) in [5.74, 6) is -2.08. The molecule has 1 aliphatic heterocycles. The summed E-state index contributed by atoms with van der Waals surface area (Å²) < 4.78 is 26.1. The third kappa shape index (κ3) is 3.02. The number of carbonyl (C=O) groups excluding carboxylic acids is 1. The predicted octanol–water partition coefficient (Wildman–Crippen LogP) is 0.857. The zero-order chi connectivity index (χ0) is 13.1. The standard InChI is InChI=1S/C12H15F2N3O/c1-16-4-6-17(7-5-16)15-12(18)10-3-2-9(13)8-11(10)14/h2-3,8H,4-7H2,1H3,(H,15,18). The molecular formula is C12H15F2N3O. The Morgan fingerprint density at radius 2 is 1.89 bits per heavy atom. The molecule has 0 aromatic heterocycles. The molecule has 0 unspecified atom stereocenters. The van der Waals surface area contributed by atoms with E-state index in [9.17, 15) is 13.6 Å². The van der Waals surface area contributed by atoms with Crippen molar-refractivity contribution in [2.45, 2.75) is 0 Å². The van der Waals surface area contributed by atoms with Gasteiger partial charge in [0.15, 0.2) is 0 Å². The second kappa shape index (κ2) is 5.41. The highest BCUT2D eigenvalue weighted by Gasteiger charge is 2.18. The van der Waals surface area contributed by atoms with Gasteiger partial charge < -0.3 is 4.90 Å². The monoisotopic (exact) mass is 255 g/mol. The normalized spacial score (nSPS) is 17.7. The van der Waals surface area contributed by atoms with Crippen LogP contribution in [0.2, 0.25) is 0 Å². The molecule has 1 aromatic rings. The van der Waals surface area contributed by atoms with Gasteiger partial charge in [-0.05, 0) is 19.2 Å². The number of likely N-dealkylation sites (N-methyl/N-ethyl adjacent to an activating group) is 1. The van der Waals surface area contributed by atoms with Crippen molar-refractivity contribution in [1.29, 1.82) is 0 Å². The van der Waals surface area contributed by atoms with Crippen LogP contribution in [0.3, 0.4) is 0 Å². The number of nitrogens with one attached hydrogen (secondary N) is 1. The summed E-state index contributed by atoms with van der Waals surface area (Å²) in [6.07, 6.45) is 0. The molecule has 1 heterocycles. The molecular weight excluding hydrogens is 240 g/mol. The number of halogens is 2. The number of hydrogen-bond donors (Lipinski definition) is 1. The highest BCUT2D eigenvalue weighted by molar-refractivity contribution is 5.94. The van der Waals surface area contributed by atoms with E-state index in [-0.39, 0.29) is 5.56 Å². The van der Waals surface area contributed by atoms with E-state index in [1.165, 1.54) is 0 Å². The van der Waals surface area contributed by atoms with Crippen molar-refractivity contribution in [2.24, 2.45) is 0 Å². The molecule has 18 heavy (non-hydrogen) atoms. The maximum atomic E-state index is 13.4. The van der Waals surface area contributed by atoms with Gasteiger partial charge in [0.25, 0.3) is 5.91 Å². The van der Waals surface area contributed by atoms with Crippen LogP contribution in [0.1, 0.15) is 10.4 Å². The van der Waals surface area contributed by atoms with Crippen LogP contribution in [0, 0.1) is 11.6 Å². The molecule has 1 aromatic carbocycles. The molecule has 98 valence electrons. The molecule has 0 saturated carbocycles. The second-order valence-electron chi connectivity index (χ2n) is 4.36. The van der Waals surface area contributed by atoms with Gasteiger partial charge in [-0.25, -0.2) is 13.8 Å². The van der Waals surface area contributed by atoms with E-state index in [1.54, 1.807) is 5.01 Å². The first-order valence-electron chi connectivity index (χ1n) is 5.76. The lowest BCUT2D eigenvalue weighted by Crippen LogP contribution is -2.52. The first-order chi connectivity index (χ1) is 8.56. The Balaban J connectivity index is 1.99. The molecule has 4 nitrogen and oxygen atoms in total. The van der Waals surface area contributed by atoms with E-state index in [1.807, 2.05) is 7.05 Å². The third-order valence-corrected chi connectivity index (χ3v) is 2.94. The zero-order valence-corrected chi connectivity index (χ0v) is 10.1. The maximum absolute atomic E-state index is 13.4. The second-order valence-corrected chi connectivity index (χ2v) is 4.36. The first kappa shape index (κ1) is 12.9. The van der Waals surface area contributed by atoms with Crippen LogP contribution in [0.5, 0.6) is 0 Å². The maximum Gasteiger partial charge on any atom is 0.268 e. The van der Waals surface area contributed by atoms with Crippen LogP contribution >= 0.6 is 0 Å². The number of benzene rings is 1. The van der Waals surface area contributed by atoms with E-state index in [2.05, 4.69) is 10.3 Å². The minimum absolute atomic E-state index is 0.143. The molecule has 0 atom stereocenters. The Bertz CT molecular complexity index is 445. The Kier molecular flexibility index (Phi) is 3.88. The van der Waals surface area contributed by atoms with Gasteiger partial charge in [0.1, 0.15) is 11.6 Å². The topological polar surface area (TPSA) is 35.6 Å². The van der Waals surface area contributed by atoms with Crippen molar-refractivity contribution in [3.05, 3.63) is 35.4 Å². The quantitative estimate of drug-likeness (QED) is 0.851. The van der Waals surface area contributed by atoms with Gasteiger partial charge in [0.2, 0.25) is 0 Å². The van der Waals surface area contributed by atoms with E-state index < -0.39 is 17.5 Å². The van der Waals surface area contributed by atoms with Gasteiger partial charge in [0, 0.05) is 32.2 Å². The summed E-state index contributed by atoms with van der Waals surface area (Å²) in [7, 11) is 2.00. The Morgan fingerprint density at radius 1 is 1.22 bits per heavy atom. The first-order valence-corrected chi connectivity index (χ1v) is 5.76. The summed E-state index contributed by atoms with van der Waals surface area (Å²) in [6, 6.07) is 2.93. The summed E-state index contributed by atoms with van der Waals surface area (Å²) >= 11 is 0. The lowest BCUT2D eigenvalue weighted by molar-refractivity contribution is 0.0658. The van der Waals surface area contributed by atoms with E-state index in [0.29, 0.717) is 19.2 Å². The molecule has 1 amide bonds. The molecule has 0 bridgehead atoms. The third-order valence-electron chi connectivity index (χ3n) is 2.94. The summed E-state index contributed by atoms with van der Waals surface area (Å²) in [6.45, 7) is 3.05. The van der Waals surface area contributed by atoms with E-state index >= 15 is 0 Å². The molecule has 1 aliphatic rings. The Morgan fingerprint density at radius 3 is 2.50 bits per heavy atom. The molecule has 0 radical (unpaired) electrons. The molecule has 1 saturated heterocycles. The Hall–Kier alpha value is -1.53. The Labute approximate surface area is 104 Å². The van der Waals surface area contributed by atoms with Gasteiger partial charge in [0.05, 0.1) is 5.56 Å². The fourth-order valence-corrected chi connectivity index (χ4v) is 1.80. The fourth-order valence-electron chi connectivity index (χ4n) is 1.80. The molecule has 1 fully saturated rings. The minimum Gasteiger partial charge on any atom is -0.304 e. The highest BCUT2D eigenvalue weighted by Crippen LogP contribution is 2.09. The summed E-state index contributed by atoms with van der Waals surface area (Å²) in [4.78, 5) is 13.9. The SMILES string of the molecule is CN1CCN(NC(=O)c2ccc(F)cc2F)CC1. The van der Waals surface area contributed by atoms with Crippen LogP contribution in [-0.2, 0) is 0 Å². The summed E-state index contributed by atoms with van der Waals surface area (Å²) in [5, 5.41) is 1.74. The van der Waals surface area contributed by atoms with Gasteiger partial charge in [-0.1, -0.05) is 0 Å². The molecule has 0 aliphatic carbocycles. The van der Waals surface area contributed by atoms with Crippen LogP contribution < -0.4 is 5.43 Å². The van der Waals surface area contributed by atoms with E-state index in [4.69, 9.17) is 0 Å². The number of carbonyl (C=O) groups is 1. The fraction of sp³-hybridized carbons (Fsp3) is 0.417. The highest BCUT2D eigenvalue weighted by atomic mass is 19.1. The largest absolute Gasteiger partial charge is 0.304 e. The smallest absolute Gasteiger partial charge is 0.268 e. The molecule has 6 heteroatoms. The number of hydrogen-bond acceptors (Lipinski definition) is 3. The van der Waals surface area contributed by atoms with Crippen LogP contribution in [0.25, 0.3) is 0 Å². The van der Waals surface area contributed by atoms with Crippen molar-refractivity contribution >= 4 is 5.91 Å². The molecule has 1 N–H and O–H groups in total. The number of rotatable bonds is 2. The number of amides is 1. The van der Waals surface area contributed by atoms with Crippen molar-refractivity contribution in [2.75, 3.05) is 33.2 Å². The van der Waals surface area contributed by atoms with Crippen molar-refractivity contribution < 1.29 is 13.6 Å². The lowest BCUT2D eigenvalue weighted by Gasteiger charge is -2.32. The zero-order valence-electron chi connectivity index (χ0n) is 10.1. The summed E-state index contributed by atoms with van der Waals surface area (Å²) in [5.41, 5.74) is 2.48. The van der Waals surface area contributed by atoms with Crippen LogP contribution in [0.4, 0.5) is 8.78 Å². The predicted molar refractivity (Wildman–Crippen MR) is 62.9 cm³/mol. The number of hydrazine groups is 1.